The molecule has 5 rings (SSSR count). The number of fused-ring (bicyclic) bond motifs is 2. The number of carbonyl (C=O) groups excluding carboxylic acids is 1. The molecule has 0 bridgehead atoms. The molecule has 0 aliphatic carbocycles. The number of halogens is 3. The first kappa shape index (κ1) is 26.3. The smallest absolute Gasteiger partial charge is 0.362 e. The second kappa shape index (κ2) is 8.60. The second-order valence-corrected chi connectivity index (χ2v) is 13.1. The topological polar surface area (TPSA) is 41.9 Å². The van der Waals surface area contributed by atoms with Gasteiger partial charge >= 0.3 is 6.18 Å². The third-order valence-electron chi connectivity index (χ3n) is 7.94. The van der Waals surface area contributed by atoms with Crippen LogP contribution in [0.15, 0.2) is 34.7 Å². The fraction of sp³-hybridized carbons (Fsp3) is 0.517. The van der Waals surface area contributed by atoms with Gasteiger partial charge < -0.3 is 9.64 Å². The van der Waals surface area contributed by atoms with Crippen LogP contribution in [0.5, 0.6) is 0 Å². The standard InChI is InChI=1S/C29H33F3N2O2S/c1-17-9-22(10-18(2)19(17)3)28(29(30,31)32)12-24(33-37-28)20-7-8-23-21(11-20)14-36-27(23)15-34(16-27)25(35)13-26(4,5)6/h7-11H,12-16H2,1-6H3. The van der Waals surface area contributed by atoms with Crippen LogP contribution in [-0.4, -0.2) is 35.8 Å². The molecule has 0 N–H and O–H groups in total. The quantitative estimate of drug-likeness (QED) is 0.405. The van der Waals surface area contributed by atoms with Crippen molar-refractivity contribution in [1.29, 1.82) is 0 Å². The maximum Gasteiger partial charge on any atom is 0.409 e. The maximum atomic E-state index is 14.6. The van der Waals surface area contributed by atoms with E-state index in [2.05, 4.69) is 4.40 Å². The summed E-state index contributed by atoms with van der Waals surface area (Å²) in [6.45, 7) is 13.2. The van der Waals surface area contributed by atoms with E-state index in [4.69, 9.17) is 4.74 Å². The average Bonchev–Trinajstić information content (AvgIpc) is 3.37. The fourth-order valence-corrected chi connectivity index (χ4v) is 6.50. The lowest BCUT2D eigenvalue weighted by Crippen LogP contribution is -2.61. The van der Waals surface area contributed by atoms with Crippen molar-refractivity contribution >= 4 is 23.6 Å². The molecule has 2 aromatic carbocycles. The molecule has 0 radical (unpaired) electrons. The Balaban J connectivity index is 1.37. The van der Waals surface area contributed by atoms with Gasteiger partial charge in [0.05, 0.1) is 25.4 Å². The lowest BCUT2D eigenvalue weighted by molar-refractivity contribution is -0.170. The zero-order chi connectivity index (χ0) is 27.0. The number of rotatable bonds is 3. The summed E-state index contributed by atoms with van der Waals surface area (Å²) in [7, 11) is 0. The first-order valence-corrected chi connectivity index (χ1v) is 13.4. The SMILES string of the molecule is Cc1cc(C2(C(F)(F)F)CC(c3ccc4c(c3)COC43CN(C(=O)CC(C)(C)C)C3)=NS2)cc(C)c1C. The Morgan fingerprint density at radius 3 is 2.32 bits per heavy atom. The summed E-state index contributed by atoms with van der Waals surface area (Å²) < 4.78 is 52.2. The first-order valence-electron chi connectivity index (χ1n) is 12.6. The Labute approximate surface area is 220 Å². The number of amides is 1. The molecule has 1 saturated heterocycles. The number of alkyl halides is 3. The minimum absolute atomic E-state index is 0.0786. The molecule has 1 fully saturated rings. The Kier molecular flexibility index (Phi) is 6.11. The lowest BCUT2D eigenvalue weighted by atomic mass is 9.82. The molecule has 1 atom stereocenters. The molecule has 37 heavy (non-hydrogen) atoms. The fourth-order valence-electron chi connectivity index (χ4n) is 5.53. The van der Waals surface area contributed by atoms with Crippen molar-refractivity contribution < 1.29 is 22.7 Å². The molecule has 0 saturated carbocycles. The van der Waals surface area contributed by atoms with Crippen molar-refractivity contribution in [1.82, 2.24) is 4.90 Å². The van der Waals surface area contributed by atoms with Crippen LogP contribution in [0.25, 0.3) is 0 Å². The molecule has 198 valence electrons. The molecule has 1 unspecified atom stereocenters. The lowest BCUT2D eigenvalue weighted by Gasteiger charge is -2.48. The van der Waals surface area contributed by atoms with E-state index in [0.717, 1.165) is 27.8 Å². The summed E-state index contributed by atoms with van der Waals surface area (Å²) in [6, 6.07) is 9.04. The van der Waals surface area contributed by atoms with Crippen LogP contribution in [0.3, 0.4) is 0 Å². The molecule has 8 heteroatoms. The van der Waals surface area contributed by atoms with E-state index < -0.39 is 16.5 Å². The van der Waals surface area contributed by atoms with Crippen molar-refractivity contribution in [2.75, 3.05) is 13.1 Å². The molecular formula is C29H33F3N2O2S. The molecular weight excluding hydrogens is 497 g/mol. The monoisotopic (exact) mass is 530 g/mol. The Morgan fingerprint density at radius 2 is 1.73 bits per heavy atom. The van der Waals surface area contributed by atoms with Gasteiger partial charge in [-0.05, 0) is 83.1 Å². The Morgan fingerprint density at radius 1 is 1.08 bits per heavy atom. The largest absolute Gasteiger partial charge is 0.409 e. The molecule has 3 heterocycles. The van der Waals surface area contributed by atoms with Gasteiger partial charge in [0, 0.05) is 12.8 Å². The number of benzene rings is 2. The maximum absolute atomic E-state index is 14.6. The van der Waals surface area contributed by atoms with E-state index >= 15 is 0 Å². The predicted octanol–water partition coefficient (Wildman–Crippen LogP) is 6.91. The highest BCUT2D eigenvalue weighted by atomic mass is 32.2. The first-order chi connectivity index (χ1) is 17.1. The molecule has 4 nitrogen and oxygen atoms in total. The van der Waals surface area contributed by atoms with E-state index in [-0.39, 0.29) is 23.3 Å². The number of hydrogen-bond donors (Lipinski definition) is 0. The molecule has 0 aromatic heterocycles. The minimum atomic E-state index is -4.46. The van der Waals surface area contributed by atoms with Gasteiger partial charge in [0.2, 0.25) is 5.91 Å². The van der Waals surface area contributed by atoms with Crippen LogP contribution in [0, 0.1) is 26.2 Å². The van der Waals surface area contributed by atoms with E-state index in [1.807, 2.05) is 64.6 Å². The van der Waals surface area contributed by atoms with E-state index in [9.17, 15) is 18.0 Å². The van der Waals surface area contributed by atoms with Gasteiger partial charge in [-0.25, -0.2) is 4.40 Å². The van der Waals surface area contributed by atoms with Crippen molar-refractivity contribution in [3.8, 4) is 0 Å². The summed E-state index contributed by atoms with van der Waals surface area (Å²) in [6.07, 6.45) is -4.20. The highest BCUT2D eigenvalue weighted by Crippen LogP contribution is 2.57. The van der Waals surface area contributed by atoms with E-state index in [0.29, 0.717) is 49.3 Å². The van der Waals surface area contributed by atoms with Crippen LogP contribution < -0.4 is 0 Å². The summed E-state index contributed by atoms with van der Waals surface area (Å²) in [4.78, 5) is 14.4. The highest BCUT2D eigenvalue weighted by Gasteiger charge is 2.60. The van der Waals surface area contributed by atoms with Gasteiger partial charge in [-0.2, -0.15) is 13.2 Å². The van der Waals surface area contributed by atoms with Crippen LogP contribution in [-0.2, 0) is 26.5 Å². The van der Waals surface area contributed by atoms with E-state index in [1.54, 1.807) is 12.1 Å². The zero-order valence-electron chi connectivity index (χ0n) is 22.2. The van der Waals surface area contributed by atoms with Gasteiger partial charge in [0.15, 0.2) is 4.75 Å². The van der Waals surface area contributed by atoms with Gasteiger partial charge in [-0.1, -0.05) is 45.0 Å². The molecule has 3 aliphatic rings. The predicted molar refractivity (Wildman–Crippen MR) is 141 cm³/mol. The molecule has 2 aromatic rings. The number of aryl methyl sites for hydroxylation is 2. The molecule has 3 aliphatic heterocycles. The Hall–Kier alpha value is -2.32. The normalized spacial score (nSPS) is 22.7. The van der Waals surface area contributed by atoms with Crippen molar-refractivity contribution in [3.63, 3.8) is 0 Å². The summed E-state index contributed by atoms with van der Waals surface area (Å²) in [5, 5.41) is 0. The van der Waals surface area contributed by atoms with Gasteiger partial charge in [0.25, 0.3) is 0 Å². The number of hydrogen-bond acceptors (Lipinski definition) is 4. The number of likely N-dealkylation sites (tertiary alicyclic amines) is 1. The number of nitrogens with zero attached hydrogens (tertiary/aromatic N) is 2. The second-order valence-electron chi connectivity index (χ2n) is 12.0. The third-order valence-corrected chi connectivity index (χ3v) is 9.17. The highest BCUT2D eigenvalue weighted by molar-refractivity contribution is 7.99. The molecule has 1 spiro atoms. The summed E-state index contributed by atoms with van der Waals surface area (Å²) in [5.41, 5.74) is 5.48. The van der Waals surface area contributed by atoms with Crippen molar-refractivity contribution in [2.24, 2.45) is 9.81 Å². The van der Waals surface area contributed by atoms with Gasteiger partial charge in [-0.3, -0.25) is 4.79 Å². The summed E-state index contributed by atoms with van der Waals surface area (Å²) >= 11 is 0.620. The zero-order valence-corrected chi connectivity index (χ0v) is 23.0. The summed E-state index contributed by atoms with van der Waals surface area (Å²) in [5.74, 6) is 0.120. The van der Waals surface area contributed by atoms with E-state index in [1.165, 1.54) is 0 Å². The van der Waals surface area contributed by atoms with Crippen LogP contribution in [0.2, 0.25) is 0 Å². The molecule has 1 amide bonds. The third kappa shape index (κ3) is 4.40. The van der Waals surface area contributed by atoms with Crippen LogP contribution in [0.1, 0.15) is 72.6 Å². The number of ether oxygens (including phenoxy) is 1. The van der Waals surface area contributed by atoms with Crippen molar-refractivity contribution in [2.45, 2.75) is 77.5 Å². The number of carbonyl (C=O) groups is 1. The minimum Gasteiger partial charge on any atom is -0.362 e. The van der Waals surface area contributed by atoms with Crippen molar-refractivity contribution in [3.05, 3.63) is 69.3 Å². The van der Waals surface area contributed by atoms with Gasteiger partial charge in [0.1, 0.15) is 5.60 Å². The average molecular weight is 531 g/mol. The van der Waals surface area contributed by atoms with Crippen LogP contribution in [0.4, 0.5) is 13.2 Å². The van der Waals surface area contributed by atoms with Crippen LogP contribution >= 0.6 is 11.9 Å². The van der Waals surface area contributed by atoms with Gasteiger partial charge in [-0.15, -0.1) is 0 Å². The Bertz CT molecular complexity index is 1280.